The number of H-pyrrole nitrogens is 2. The molecule has 114 valence electrons. The van der Waals surface area contributed by atoms with Crippen molar-refractivity contribution >= 4 is 33.9 Å². The second kappa shape index (κ2) is 4.60. The average molecular weight is 326 g/mol. The van der Waals surface area contributed by atoms with E-state index in [1.54, 1.807) is 0 Å². The molecular formula is C17H12ClN3O2. The Bertz CT molecular complexity index is 1000. The van der Waals surface area contributed by atoms with Gasteiger partial charge in [0, 0.05) is 21.7 Å². The number of aromatic amines is 2. The van der Waals surface area contributed by atoms with Gasteiger partial charge in [-0.15, -0.1) is 0 Å². The molecule has 0 fully saturated rings. The molecule has 23 heavy (non-hydrogen) atoms. The minimum atomic E-state index is 0.281. The van der Waals surface area contributed by atoms with Gasteiger partial charge in [0.25, 0.3) is 0 Å². The smallest absolute Gasteiger partial charge is 0.231 e. The predicted octanol–water partition coefficient (Wildman–Crippen LogP) is 4.73. The summed E-state index contributed by atoms with van der Waals surface area (Å²) in [6.45, 7) is 0.281. The molecule has 0 saturated carbocycles. The van der Waals surface area contributed by atoms with E-state index in [1.165, 1.54) is 0 Å². The molecule has 2 aromatic carbocycles. The maximum atomic E-state index is 6.04. The number of aromatic nitrogens is 2. The van der Waals surface area contributed by atoms with Gasteiger partial charge in [0.2, 0.25) is 6.79 Å². The predicted molar refractivity (Wildman–Crippen MR) is 90.1 cm³/mol. The quantitative estimate of drug-likeness (QED) is 0.499. The lowest BCUT2D eigenvalue weighted by Gasteiger charge is -2.04. The van der Waals surface area contributed by atoms with Crippen LogP contribution in [0.5, 0.6) is 11.5 Å². The standard InChI is InChI=1S/C17H12ClN3O2/c18-10-2-1-3-11(6-10)19-17-13-4-9-5-14-15(23-8-22-14)7-12(9)16(13)20-21-17/h1-7,19-21H,8H2. The highest BCUT2D eigenvalue weighted by atomic mass is 35.5. The van der Waals surface area contributed by atoms with Gasteiger partial charge in [-0.25, -0.2) is 0 Å². The molecule has 0 saturated heterocycles. The third-order valence-corrected chi connectivity index (χ3v) is 4.29. The molecule has 2 heterocycles. The van der Waals surface area contributed by atoms with E-state index in [0.717, 1.165) is 45.0 Å². The van der Waals surface area contributed by atoms with Crippen LogP contribution in [0.2, 0.25) is 5.02 Å². The van der Waals surface area contributed by atoms with Crippen LogP contribution in [-0.2, 0) is 0 Å². The van der Waals surface area contributed by atoms with E-state index in [9.17, 15) is 0 Å². The lowest BCUT2D eigenvalue weighted by atomic mass is 10.2. The third kappa shape index (κ3) is 1.94. The normalized spacial score (nSPS) is 13.1. The summed E-state index contributed by atoms with van der Waals surface area (Å²) in [7, 11) is 0. The first-order chi connectivity index (χ1) is 11.3. The molecule has 5 rings (SSSR count). The van der Waals surface area contributed by atoms with Crippen LogP contribution in [0.15, 0.2) is 42.5 Å². The van der Waals surface area contributed by atoms with Crippen molar-refractivity contribution < 1.29 is 9.47 Å². The minimum absolute atomic E-state index is 0.281. The zero-order chi connectivity index (χ0) is 15.4. The molecule has 0 unspecified atom stereocenters. The number of rotatable bonds is 2. The van der Waals surface area contributed by atoms with E-state index in [1.807, 2.05) is 36.4 Å². The van der Waals surface area contributed by atoms with Gasteiger partial charge in [0.05, 0.1) is 5.69 Å². The first-order valence-electron chi connectivity index (χ1n) is 7.23. The van der Waals surface area contributed by atoms with Crippen LogP contribution in [0.4, 0.5) is 11.5 Å². The average Bonchev–Trinajstić information content (AvgIpc) is 3.21. The summed E-state index contributed by atoms with van der Waals surface area (Å²) >= 11 is 6.04. The van der Waals surface area contributed by atoms with Crippen molar-refractivity contribution in [2.75, 3.05) is 12.1 Å². The van der Waals surface area contributed by atoms with Crippen LogP contribution in [0, 0.1) is 0 Å². The number of nitrogens with one attached hydrogen (secondary N) is 3. The van der Waals surface area contributed by atoms with Crippen molar-refractivity contribution in [2.24, 2.45) is 0 Å². The molecule has 2 aliphatic heterocycles. The Hall–Kier alpha value is -2.79. The number of anilines is 2. The fourth-order valence-corrected chi connectivity index (χ4v) is 3.19. The highest BCUT2D eigenvalue weighted by Gasteiger charge is 2.21. The first kappa shape index (κ1) is 12.7. The van der Waals surface area contributed by atoms with Gasteiger partial charge in [-0.2, -0.15) is 0 Å². The SMILES string of the molecule is Clc1cccc(Nc2[nH][nH]c3c4cc5c(cc4cc2-3)OCO5)c1. The van der Waals surface area contributed by atoms with Gasteiger partial charge >= 0.3 is 0 Å². The number of hydrogen-bond acceptors (Lipinski definition) is 3. The maximum absolute atomic E-state index is 6.04. The van der Waals surface area contributed by atoms with Crippen LogP contribution >= 0.6 is 11.6 Å². The van der Waals surface area contributed by atoms with Crippen molar-refractivity contribution in [2.45, 2.75) is 0 Å². The van der Waals surface area contributed by atoms with E-state index < -0.39 is 0 Å². The molecule has 2 aromatic rings. The van der Waals surface area contributed by atoms with Crippen molar-refractivity contribution in [1.82, 2.24) is 10.2 Å². The molecule has 0 bridgehead atoms. The molecule has 0 spiro atoms. The molecule has 0 radical (unpaired) electrons. The van der Waals surface area contributed by atoms with E-state index in [2.05, 4.69) is 21.6 Å². The summed E-state index contributed by atoms with van der Waals surface area (Å²) in [6, 6.07) is 13.7. The van der Waals surface area contributed by atoms with Crippen molar-refractivity contribution in [1.29, 1.82) is 0 Å². The summed E-state index contributed by atoms with van der Waals surface area (Å²) in [5.74, 6) is 2.46. The third-order valence-electron chi connectivity index (χ3n) is 4.06. The molecule has 6 heteroatoms. The molecular weight excluding hydrogens is 314 g/mol. The monoisotopic (exact) mass is 325 g/mol. The van der Waals surface area contributed by atoms with Gasteiger partial charge in [0.1, 0.15) is 5.82 Å². The molecule has 5 nitrogen and oxygen atoms in total. The minimum Gasteiger partial charge on any atom is -0.454 e. The van der Waals surface area contributed by atoms with E-state index in [-0.39, 0.29) is 6.79 Å². The highest BCUT2D eigenvalue weighted by Crippen LogP contribution is 2.44. The van der Waals surface area contributed by atoms with Crippen LogP contribution in [-0.4, -0.2) is 17.0 Å². The lowest BCUT2D eigenvalue weighted by molar-refractivity contribution is 0.174. The Labute approximate surface area is 136 Å². The second-order valence-electron chi connectivity index (χ2n) is 5.49. The van der Waals surface area contributed by atoms with Gasteiger partial charge in [-0.3, -0.25) is 10.2 Å². The Morgan fingerprint density at radius 1 is 1.00 bits per heavy atom. The van der Waals surface area contributed by atoms with Crippen molar-refractivity contribution in [3.8, 4) is 22.8 Å². The van der Waals surface area contributed by atoms with Crippen molar-refractivity contribution in [3.63, 3.8) is 0 Å². The van der Waals surface area contributed by atoms with Gasteiger partial charge in [-0.1, -0.05) is 17.7 Å². The fourth-order valence-electron chi connectivity index (χ4n) is 3.00. The van der Waals surface area contributed by atoms with E-state index >= 15 is 0 Å². The van der Waals surface area contributed by atoms with Crippen LogP contribution in [0.3, 0.4) is 0 Å². The largest absolute Gasteiger partial charge is 0.454 e. The molecule has 3 aliphatic rings. The lowest BCUT2D eigenvalue weighted by Crippen LogP contribution is -1.92. The summed E-state index contributed by atoms with van der Waals surface area (Å²) in [4.78, 5) is 0. The number of ether oxygens (including phenoxy) is 2. The molecule has 0 atom stereocenters. The number of halogens is 1. The topological polar surface area (TPSA) is 62.1 Å². The molecule has 3 N–H and O–H groups in total. The molecule has 0 amide bonds. The molecule has 1 aliphatic carbocycles. The highest BCUT2D eigenvalue weighted by molar-refractivity contribution is 6.30. The number of hydrogen-bond donors (Lipinski definition) is 3. The Kier molecular flexibility index (Phi) is 2.55. The van der Waals surface area contributed by atoms with Crippen LogP contribution in [0.25, 0.3) is 22.0 Å². The van der Waals surface area contributed by atoms with Gasteiger partial charge in [0.15, 0.2) is 11.5 Å². The van der Waals surface area contributed by atoms with Crippen molar-refractivity contribution in [3.05, 3.63) is 47.5 Å². The summed E-state index contributed by atoms with van der Waals surface area (Å²) in [5.41, 5.74) is 3.03. The maximum Gasteiger partial charge on any atom is 0.231 e. The summed E-state index contributed by atoms with van der Waals surface area (Å²) in [5, 5.41) is 12.6. The number of benzene rings is 2. The van der Waals surface area contributed by atoms with E-state index in [0.29, 0.717) is 5.02 Å². The first-order valence-corrected chi connectivity index (χ1v) is 7.61. The Balaban J connectivity index is 1.60. The fraction of sp³-hybridized carbons (Fsp3) is 0.0588. The molecule has 0 aromatic heterocycles. The van der Waals surface area contributed by atoms with Gasteiger partial charge in [-0.05, 0) is 41.8 Å². The zero-order valence-electron chi connectivity index (χ0n) is 11.9. The zero-order valence-corrected chi connectivity index (χ0v) is 12.7. The number of fused-ring (bicyclic) bond motifs is 4. The second-order valence-corrected chi connectivity index (χ2v) is 5.92. The van der Waals surface area contributed by atoms with Gasteiger partial charge < -0.3 is 14.8 Å². The van der Waals surface area contributed by atoms with Crippen LogP contribution < -0.4 is 14.8 Å². The van der Waals surface area contributed by atoms with Crippen LogP contribution in [0.1, 0.15) is 0 Å². The Morgan fingerprint density at radius 3 is 2.74 bits per heavy atom. The Morgan fingerprint density at radius 2 is 1.87 bits per heavy atom. The summed E-state index contributed by atoms with van der Waals surface area (Å²) < 4.78 is 10.9. The summed E-state index contributed by atoms with van der Waals surface area (Å²) in [6.07, 6.45) is 0. The van der Waals surface area contributed by atoms with E-state index in [4.69, 9.17) is 21.1 Å².